The fourth-order valence-corrected chi connectivity index (χ4v) is 2.54. The van der Waals surface area contributed by atoms with E-state index in [4.69, 9.17) is 39.5 Å². The minimum atomic E-state index is -1.92. The molecule has 0 radical (unpaired) electrons. The molecule has 0 aliphatic carbocycles. The number of amides is 1. The number of carbonyl (C=O) groups excluding carboxylic acids is 1. The lowest BCUT2D eigenvalue weighted by atomic mass is 10.1. The lowest BCUT2D eigenvalue weighted by Crippen LogP contribution is -2.49. The number of aryl methyl sites for hydroxylation is 1. The molecule has 2 rings (SSSR count). The summed E-state index contributed by atoms with van der Waals surface area (Å²) in [6.07, 6.45) is -1.15. The summed E-state index contributed by atoms with van der Waals surface area (Å²) in [6.45, 7) is 1.89. The molecule has 7 nitrogen and oxygen atoms in total. The van der Waals surface area contributed by atoms with Gasteiger partial charge in [-0.2, -0.15) is 0 Å². The fraction of sp³-hybridized carbons (Fsp3) is 0.235. The molecule has 0 spiro atoms. The number of hydrogen-bond acceptors (Lipinski definition) is 5. The number of nitro groups is 1. The maximum absolute atomic E-state index is 12.4. The number of nitrogens with one attached hydrogen (secondary N) is 2. The third kappa shape index (κ3) is 5.63. The van der Waals surface area contributed by atoms with Crippen LogP contribution < -0.4 is 15.4 Å². The molecule has 1 atom stereocenters. The number of methoxy groups -OCH3 is 1. The molecule has 1 amide bonds. The first kappa shape index (κ1) is 21.1. The van der Waals surface area contributed by atoms with Crippen molar-refractivity contribution in [1.82, 2.24) is 5.32 Å². The number of ether oxygens (including phenoxy) is 1. The molecule has 27 heavy (non-hydrogen) atoms. The molecule has 0 saturated heterocycles. The van der Waals surface area contributed by atoms with Crippen LogP contribution in [-0.4, -0.2) is 27.9 Å². The molecule has 0 bridgehead atoms. The summed E-state index contributed by atoms with van der Waals surface area (Å²) < 4.78 is 3.03. The number of halogens is 3. The Kier molecular flexibility index (Phi) is 6.75. The van der Waals surface area contributed by atoms with Crippen molar-refractivity contribution in [2.24, 2.45) is 0 Å². The second-order valence-electron chi connectivity index (χ2n) is 5.60. The Labute approximate surface area is 170 Å². The lowest BCUT2D eigenvalue weighted by Gasteiger charge is -2.27. The molecule has 2 aromatic rings. The number of nitro benzene ring substituents is 1. The molecule has 2 aromatic carbocycles. The number of hydrogen-bond donors (Lipinski definition) is 2. The fourth-order valence-electron chi connectivity index (χ4n) is 2.21. The van der Waals surface area contributed by atoms with Gasteiger partial charge in [0.1, 0.15) is 6.17 Å². The maximum atomic E-state index is 12.4. The van der Waals surface area contributed by atoms with Gasteiger partial charge in [-0.05, 0) is 31.2 Å². The van der Waals surface area contributed by atoms with Gasteiger partial charge in [-0.15, -0.1) is 0 Å². The number of alkyl halides is 3. The molecule has 0 unspecified atom stereocenters. The highest BCUT2D eigenvalue weighted by molar-refractivity contribution is 6.68. The van der Waals surface area contributed by atoms with Crippen molar-refractivity contribution in [3.05, 3.63) is 63.7 Å². The highest BCUT2D eigenvalue weighted by atomic mass is 35.6. The molecule has 0 fully saturated rings. The van der Waals surface area contributed by atoms with Crippen LogP contribution in [0.4, 0.5) is 11.4 Å². The van der Waals surface area contributed by atoms with Crippen LogP contribution in [0.2, 0.25) is 0 Å². The summed E-state index contributed by atoms with van der Waals surface area (Å²) in [5.41, 5.74) is 1.37. The highest BCUT2D eigenvalue weighted by Gasteiger charge is 2.34. The van der Waals surface area contributed by atoms with Crippen LogP contribution >= 0.6 is 34.8 Å². The van der Waals surface area contributed by atoms with Crippen LogP contribution in [0.25, 0.3) is 0 Å². The van der Waals surface area contributed by atoms with E-state index in [1.807, 2.05) is 6.92 Å². The molecule has 2 N–H and O–H groups in total. The van der Waals surface area contributed by atoms with E-state index >= 15 is 0 Å². The molecule has 0 saturated carbocycles. The topological polar surface area (TPSA) is 93.5 Å². The Morgan fingerprint density at radius 3 is 2.33 bits per heavy atom. The number of anilines is 1. The van der Waals surface area contributed by atoms with Gasteiger partial charge in [-0.25, -0.2) is 0 Å². The third-order valence-electron chi connectivity index (χ3n) is 3.60. The van der Waals surface area contributed by atoms with Crippen molar-refractivity contribution >= 4 is 52.1 Å². The summed E-state index contributed by atoms with van der Waals surface area (Å²) in [4.78, 5) is 23.0. The summed E-state index contributed by atoms with van der Waals surface area (Å²) in [7, 11) is 1.32. The van der Waals surface area contributed by atoms with Gasteiger partial charge in [0.2, 0.25) is 3.79 Å². The van der Waals surface area contributed by atoms with E-state index < -0.39 is 20.8 Å². The molecule has 0 heterocycles. The van der Waals surface area contributed by atoms with E-state index in [0.29, 0.717) is 5.56 Å². The first-order valence-corrected chi connectivity index (χ1v) is 8.78. The first-order valence-electron chi connectivity index (χ1n) is 7.65. The zero-order valence-electron chi connectivity index (χ0n) is 14.3. The minimum absolute atomic E-state index is 0.0830. The summed E-state index contributed by atoms with van der Waals surface area (Å²) in [5, 5.41) is 16.5. The predicted octanol–water partition coefficient (Wildman–Crippen LogP) is 4.45. The van der Waals surface area contributed by atoms with E-state index in [1.54, 1.807) is 24.3 Å². The van der Waals surface area contributed by atoms with Gasteiger partial charge in [0.05, 0.1) is 12.0 Å². The minimum Gasteiger partial charge on any atom is -0.490 e. The Morgan fingerprint density at radius 1 is 1.19 bits per heavy atom. The number of benzene rings is 2. The van der Waals surface area contributed by atoms with Crippen molar-refractivity contribution in [1.29, 1.82) is 0 Å². The zero-order valence-corrected chi connectivity index (χ0v) is 16.6. The third-order valence-corrected chi connectivity index (χ3v) is 4.26. The van der Waals surface area contributed by atoms with E-state index in [-0.39, 0.29) is 17.1 Å². The summed E-state index contributed by atoms with van der Waals surface area (Å²) >= 11 is 17.9. The highest BCUT2D eigenvalue weighted by Crippen LogP contribution is 2.34. The largest absolute Gasteiger partial charge is 0.490 e. The van der Waals surface area contributed by atoms with Crippen LogP contribution in [-0.2, 0) is 0 Å². The van der Waals surface area contributed by atoms with Crippen LogP contribution in [0.3, 0.4) is 0 Å². The quantitative estimate of drug-likeness (QED) is 0.304. The van der Waals surface area contributed by atoms with Crippen molar-refractivity contribution < 1.29 is 14.5 Å². The Balaban J connectivity index is 2.25. The van der Waals surface area contributed by atoms with Crippen molar-refractivity contribution in [2.45, 2.75) is 16.9 Å². The first-order chi connectivity index (χ1) is 12.6. The van der Waals surface area contributed by atoms with Gasteiger partial charge in [-0.1, -0.05) is 52.5 Å². The Bertz CT molecular complexity index is 838. The molecule has 144 valence electrons. The van der Waals surface area contributed by atoms with E-state index in [2.05, 4.69) is 10.6 Å². The van der Waals surface area contributed by atoms with Crippen LogP contribution in [0.5, 0.6) is 5.75 Å². The summed E-state index contributed by atoms with van der Waals surface area (Å²) in [6, 6.07) is 11.0. The van der Waals surface area contributed by atoms with Crippen LogP contribution in [0.1, 0.15) is 15.9 Å². The molecule has 10 heteroatoms. The molecular weight excluding hydrogens is 417 g/mol. The van der Waals surface area contributed by atoms with Crippen molar-refractivity contribution in [3.63, 3.8) is 0 Å². The number of nitrogens with zero attached hydrogens (tertiary/aromatic N) is 1. The average Bonchev–Trinajstić information content (AvgIpc) is 2.60. The Morgan fingerprint density at radius 2 is 1.81 bits per heavy atom. The van der Waals surface area contributed by atoms with Crippen LogP contribution in [0, 0.1) is 17.0 Å². The number of carbonyl (C=O) groups is 1. The van der Waals surface area contributed by atoms with Gasteiger partial charge in [0.25, 0.3) is 5.91 Å². The second kappa shape index (κ2) is 8.65. The summed E-state index contributed by atoms with van der Waals surface area (Å²) in [5.74, 6) is -0.387. The van der Waals surface area contributed by atoms with Gasteiger partial charge >= 0.3 is 5.69 Å². The van der Waals surface area contributed by atoms with E-state index in [1.165, 1.54) is 25.3 Å². The second-order valence-corrected chi connectivity index (χ2v) is 7.97. The van der Waals surface area contributed by atoms with Gasteiger partial charge in [0, 0.05) is 17.3 Å². The van der Waals surface area contributed by atoms with Crippen LogP contribution in [0.15, 0.2) is 42.5 Å². The monoisotopic (exact) mass is 431 g/mol. The molecule has 0 aliphatic heterocycles. The predicted molar refractivity (Wildman–Crippen MR) is 106 cm³/mol. The van der Waals surface area contributed by atoms with Crippen molar-refractivity contribution in [2.75, 3.05) is 12.4 Å². The van der Waals surface area contributed by atoms with Gasteiger partial charge < -0.3 is 15.4 Å². The van der Waals surface area contributed by atoms with E-state index in [9.17, 15) is 14.9 Å². The van der Waals surface area contributed by atoms with Gasteiger partial charge in [-0.3, -0.25) is 14.9 Å². The standard InChI is InChI=1S/C17H16Cl3N3O4/c1-10-3-5-11(6-4-10)15(24)22-16(17(18,19)20)21-12-7-8-14(27-2)13(9-12)23(25)26/h3-9,16,21H,1-2H3,(H,22,24)/t16-/m0/s1. The molecule has 0 aliphatic rings. The number of rotatable bonds is 6. The SMILES string of the molecule is COc1ccc(N[C@@H](NC(=O)c2ccc(C)cc2)C(Cl)(Cl)Cl)cc1[N+](=O)[O-]. The van der Waals surface area contributed by atoms with Gasteiger partial charge in [0.15, 0.2) is 5.75 Å². The smallest absolute Gasteiger partial charge is 0.312 e. The average molecular weight is 433 g/mol. The Hall–Kier alpha value is -2.22. The normalized spacial score (nSPS) is 12.2. The van der Waals surface area contributed by atoms with Crippen molar-refractivity contribution in [3.8, 4) is 5.75 Å². The molecule has 0 aromatic heterocycles. The zero-order chi connectivity index (χ0) is 20.2. The molecular formula is C17H16Cl3N3O4. The lowest BCUT2D eigenvalue weighted by molar-refractivity contribution is -0.385. The van der Waals surface area contributed by atoms with E-state index in [0.717, 1.165) is 5.56 Å². The maximum Gasteiger partial charge on any atom is 0.312 e.